The van der Waals surface area contributed by atoms with Gasteiger partial charge in [0.1, 0.15) is 11.9 Å². The molecule has 3 aromatic rings. The van der Waals surface area contributed by atoms with Gasteiger partial charge in [0, 0.05) is 28.7 Å². The van der Waals surface area contributed by atoms with Crippen LogP contribution in [0.15, 0.2) is 83.3 Å². The van der Waals surface area contributed by atoms with Crippen molar-refractivity contribution in [3.63, 3.8) is 0 Å². The summed E-state index contributed by atoms with van der Waals surface area (Å²) >= 11 is 4.85. The molecule has 0 aromatic heterocycles. The van der Waals surface area contributed by atoms with Gasteiger partial charge in [-0.15, -0.1) is 11.8 Å². The van der Waals surface area contributed by atoms with Crippen LogP contribution in [0.3, 0.4) is 0 Å². The molecule has 4 nitrogen and oxygen atoms in total. The van der Waals surface area contributed by atoms with Crippen LogP contribution in [0, 0.1) is 5.82 Å². The van der Waals surface area contributed by atoms with Gasteiger partial charge >= 0.3 is 0 Å². The molecule has 36 heavy (non-hydrogen) atoms. The molecule has 3 aromatic carbocycles. The summed E-state index contributed by atoms with van der Waals surface area (Å²) in [7, 11) is 0. The standard InChI is InChI=1S/C29H32BrFN2O2S/c1-29(2,3)32-28(35)26(17-21-10-5-4-6-11-21)33(18-22-12-9-14-24(30)16-22)27(34)20-36-19-23-13-7-8-15-25(23)31/h4-16,26H,17-20H2,1-3H3,(H,32,35). The molecule has 0 aliphatic carbocycles. The lowest BCUT2D eigenvalue weighted by atomic mass is 10.0. The van der Waals surface area contributed by atoms with E-state index in [-0.39, 0.29) is 29.9 Å². The third-order valence-corrected chi connectivity index (χ3v) is 6.91. The van der Waals surface area contributed by atoms with Crippen LogP contribution >= 0.6 is 27.7 Å². The zero-order chi connectivity index (χ0) is 26.1. The van der Waals surface area contributed by atoms with Gasteiger partial charge < -0.3 is 10.2 Å². The van der Waals surface area contributed by atoms with Gasteiger partial charge in [-0.3, -0.25) is 9.59 Å². The monoisotopic (exact) mass is 570 g/mol. The average Bonchev–Trinajstić information content (AvgIpc) is 2.82. The molecule has 0 saturated heterocycles. The van der Waals surface area contributed by atoms with Gasteiger partial charge in [-0.05, 0) is 55.7 Å². The lowest BCUT2D eigenvalue weighted by molar-refractivity contribution is -0.140. The molecule has 0 fully saturated rings. The number of hydrogen-bond donors (Lipinski definition) is 1. The molecular formula is C29H32BrFN2O2S. The minimum Gasteiger partial charge on any atom is -0.350 e. The Bertz CT molecular complexity index is 1170. The predicted octanol–water partition coefficient (Wildman–Crippen LogP) is 6.38. The van der Waals surface area contributed by atoms with E-state index in [1.165, 1.54) is 17.8 Å². The number of carbonyl (C=O) groups is 2. The van der Waals surface area contributed by atoms with Crippen LogP contribution in [0.1, 0.15) is 37.5 Å². The summed E-state index contributed by atoms with van der Waals surface area (Å²) in [5.74, 6) is -0.137. The molecule has 1 unspecified atom stereocenters. The molecule has 1 atom stereocenters. The summed E-state index contributed by atoms with van der Waals surface area (Å²) in [6, 6.07) is 23.3. The Hall–Kier alpha value is -2.64. The van der Waals surface area contributed by atoms with Crippen LogP contribution in [0.25, 0.3) is 0 Å². The fourth-order valence-electron chi connectivity index (χ4n) is 3.79. The molecule has 3 rings (SSSR count). The van der Waals surface area contributed by atoms with E-state index < -0.39 is 11.6 Å². The van der Waals surface area contributed by atoms with Crippen LogP contribution in [0.2, 0.25) is 0 Å². The number of nitrogens with zero attached hydrogens (tertiary/aromatic N) is 1. The average molecular weight is 572 g/mol. The molecule has 0 spiro atoms. The first-order chi connectivity index (χ1) is 17.1. The summed E-state index contributed by atoms with van der Waals surface area (Å²) < 4.78 is 15.0. The lowest BCUT2D eigenvalue weighted by Crippen LogP contribution is -2.54. The van der Waals surface area contributed by atoms with Crippen molar-refractivity contribution in [1.82, 2.24) is 10.2 Å². The molecule has 1 N–H and O–H groups in total. The number of benzene rings is 3. The summed E-state index contributed by atoms with van der Waals surface area (Å²) in [5.41, 5.74) is 1.99. The van der Waals surface area contributed by atoms with E-state index in [1.807, 2.05) is 75.4 Å². The summed E-state index contributed by atoms with van der Waals surface area (Å²) in [6.07, 6.45) is 0.389. The fraction of sp³-hybridized carbons (Fsp3) is 0.310. The third-order valence-electron chi connectivity index (χ3n) is 5.45. The van der Waals surface area contributed by atoms with E-state index in [2.05, 4.69) is 21.2 Å². The maximum absolute atomic E-state index is 14.1. The molecule has 2 amide bonds. The van der Waals surface area contributed by atoms with Gasteiger partial charge in [0.05, 0.1) is 5.75 Å². The van der Waals surface area contributed by atoms with Gasteiger partial charge in [-0.1, -0.05) is 76.6 Å². The molecular weight excluding hydrogens is 539 g/mol. The number of hydrogen-bond acceptors (Lipinski definition) is 3. The van der Waals surface area contributed by atoms with Crippen LogP contribution in [0.5, 0.6) is 0 Å². The van der Waals surface area contributed by atoms with Crippen molar-refractivity contribution >= 4 is 39.5 Å². The minimum absolute atomic E-state index is 0.135. The van der Waals surface area contributed by atoms with E-state index in [0.29, 0.717) is 17.7 Å². The Labute approximate surface area is 225 Å². The summed E-state index contributed by atoms with van der Waals surface area (Å²) in [6.45, 7) is 6.06. The van der Waals surface area contributed by atoms with Crippen molar-refractivity contribution in [2.75, 3.05) is 5.75 Å². The molecule has 0 radical (unpaired) electrons. The highest BCUT2D eigenvalue weighted by atomic mass is 79.9. The first-order valence-electron chi connectivity index (χ1n) is 11.8. The van der Waals surface area contributed by atoms with Crippen molar-refractivity contribution in [3.8, 4) is 0 Å². The van der Waals surface area contributed by atoms with Crippen molar-refractivity contribution in [1.29, 1.82) is 0 Å². The van der Waals surface area contributed by atoms with Gasteiger partial charge in [0.15, 0.2) is 0 Å². The summed E-state index contributed by atoms with van der Waals surface area (Å²) in [5, 5.41) is 3.06. The number of halogens is 2. The number of thioether (sulfide) groups is 1. The van der Waals surface area contributed by atoms with E-state index in [1.54, 1.807) is 23.1 Å². The van der Waals surface area contributed by atoms with E-state index in [0.717, 1.165) is 15.6 Å². The Morgan fingerprint density at radius 2 is 1.64 bits per heavy atom. The number of nitrogens with one attached hydrogen (secondary N) is 1. The third kappa shape index (κ3) is 8.79. The number of rotatable bonds is 10. The van der Waals surface area contributed by atoms with Crippen molar-refractivity contribution in [2.45, 2.75) is 51.1 Å². The second-order valence-electron chi connectivity index (χ2n) is 9.68. The van der Waals surface area contributed by atoms with E-state index in [4.69, 9.17) is 0 Å². The van der Waals surface area contributed by atoms with Crippen LogP contribution in [0.4, 0.5) is 4.39 Å². The van der Waals surface area contributed by atoms with Gasteiger partial charge in [-0.2, -0.15) is 0 Å². The highest BCUT2D eigenvalue weighted by molar-refractivity contribution is 9.10. The minimum atomic E-state index is -0.702. The molecule has 7 heteroatoms. The van der Waals surface area contributed by atoms with Crippen LogP contribution in [-0.4, -0.2) is 34.0 Å². The molecule has 0 saturated carbocycles. The molecule has 190 valence electrons. The predicted molar refractivity (Wildman–Crippen MR) is 149 cm³/mol. The first-order valence-corrected chi connectivity index (χ1v) is 13.8. The first kappa shape index (κ1) is 27.9. The van der Waals surface area contributed by atoms with Gasteiger partial charge in [0.25, 0.3) is 0 Å². The maximum atomic E-state index is 14.1. The highest BCUT2D eigenvalue weighted by Gasteiger charge is 2.32. The van der Waals surface area contributed by atoms with Gasteiger partial charge in [-0.25, -0.2) is 4.39 Å². The number of amides is 2. The van der Waals surface area contributed by atoms with E-state index >= 15 is 0 Å². The van der Waals surface area contributed by atoms with E-state index in [9.17, 15) is 14.0 Å². The molecule has 0 bridgehead atoms. The molecule has 0 aliphatic rings. The topological polar surface area (TPSA) is 49.4 Å². The Kier molecular flexibility index (Phi) is 10.1. The Morgan fingerprint density at radius 3 is 2.31 bits per heavy atom. The zero-order valence-corrected chi connectivity index (χ0v) is 23.2. The largest absolute Gasteiger partial charge is 0.350 e. The SMILES string of the molecule is CC(C)(C)NC(=O)C(Cc1ccccc1)N(Cc1cccc(Br)c1)C(=O)CSCc1ccccc1F. The Balaban J connectivity index is 1.88. The second-order valence-corrected chi connectivity index (χ2v) is 11.6. The normalized spacial score (nSPS) is 12.1. The van der Waals surface area contributed by atoms with Crippen molar-refractivity contribution in [2.24, 2.45) is 0 Å². The van der Waals surface area contributed by atoms with Crippen molar-refractivity contribution in [3.05, 3.63) is 106 Å². The second kappa shape index (κ2) is 13.1. The summed E-state index contributed by atoms with van der Waals surface area (Å²) in [4.78, 5) is 28.8. The molecule has 0 aliphatic heterocycles. The van der Waals surface area contributed by atoms with Gasteiger partial charge in [0.2, 0.25) is 11.8 Å². The highest BCUT2D eigenvalue weighted by Crippen LogP contribution is 2.21. The van der Waals surface area contributed by atoms with Crippen LogP contribution < -0.4 is 5.32 Å². The van der Waals surface area contributed by atoms with Crippen LogP contribution in [-0.2, 0) is 28.3 Å². The smallest absolute Gasteiger partial charge is 0.243 e. The lowest BCUT2D eigenvalue weighted by Gasteiger charge is -2.34. The quantitative estimate of drug-likeness (QED) is 0.308. The Morgan fingerprint density at radius 1 is 0.972 bits per heavy atom. The fourth-order valence-corrected chi connectivity index (χ4v) is 5.13. The molecule has 0 heterocycles. The maximum Gasteiger partial charge on any atom is 0.243 e. The number of carbonyl (C=O) groups excluding carboxylic acids is 2. The van der Waals surface area contributed by atoms with Crippen molar-refractivity contribution < 1.29 is 14.0 Å². The zero-order valence-electron chi connectivity index (χ0n) is 20.8.